The van der Waals surface area contributed by atoms with Crippen LogP contribution in [-0.4, -0.2) is 32.3 Å². The summed E-state index contributed by atoms with van der Waals surface area (Å²) < 4.78 is 0. The summed E-state index contributed by atoms with van der Waals surface area (Å²) >= 11 is 0. The van der Waals surface area contributed by atoms with E-state index in [0.29, 0.717) is 0 Å². The molecule has 108 valence electrons. The predicted octanol–water partition coefficient (Wildman–Crippen LogP) is 1.49. The Morgan fingerprint density at radius 3 is 2.19 bits per heavy atom. The van der Waals surface area contributed by atoms with Gasteiger partial charge in [0, 0.05) is 0 Å². The summed E-state index contributed by atoms with van der Waals surface area (Å²) in [4.78, 5) is 23.1. The molecule has 0 fully saturated rings. The van der Waals surface area contributed by atoms with Gasteiger partial charge >= 0.3 is 5.97 Å². The number of carbonyl (C=O) groups is 2. The number of rotatable bonds is 3. The van der Waals surface area contributed by atoms with Gasteiger partial charge < -0.3 is 25.7 Å². The molecule has 2 aromatic carbocycles. The van der Waals surface area contributed by atoms with Crippen molar-refractivity contribution in [3.8, 4) is 17.2 Å². The fraction of sp³-hybridized carbons (Fsp3) is 0. The van der Waals surface area contributed by atoms with Gasteiger partial charge in [0.15, 0.2) is 0 Å². The van der Waals surface area contributed by atoms with Crippen molar-refractivity contribution in [2.45, 2.75) is 0 Å². The Kier molecular flexibility index (Phi) is 3.66. The molecule has 6 N–H and O–H groups in total. The molecule has 0 saturated heterocycles. The first-order valence-electron chi connectivity index (χ1n) is 5.81. The van der Waals surface area contributed by atoms with E-state index in [1.54, 1.807) is 0 Å². The van der Waals surface area contributed by atoms with E-state index in [0.717, 1.165) is 12.1 Å². The smallest absolute Gasteiger partial charge is 0.337 e. The van der Waals surface area contributed by atoms with Crippen LogP contribution in [0.4, 0.5) is 5.69 Å². The number of phenolic OH excluding ortho intramolecular Hbond substituents is 2. The third-order valence-corrected chi connectivity index (χ3v) is 2.73. The highest BCUT2D eigenvalue weighted by Crippen LogP contribution is 2.25. The zero-order valence-electron chi connectivity index (χ0n) is 10.6. The lowest BCUT2D eigenvalue weighted by Crippen LogP contribution is -2.14. The summed E-state index contributed by atoms with van der Waals surface area (Å²) in [7, 11) is 0. The fourth-order valence-electron chi connectivity index (χ4n) is 1.74. The Morgan fingerprint density at radius 1 is 0.952 bits per heavy atom. The van der Waals surface area contributed by atoms with Gasteiger partial charge in [-0.25, -0.2) is 4.79 Å². The minimum Gasteiger partial charge on any atom is -0.593 e. The van der Waals surface area contributed by atoms with Gasteiger partial charge in [-0.1, -0.05) is 0 Å². The number of benzene rings is 2. The van der Waals surface area contributed by atoms with Crippen molar-refractivity contribution in [3.63, 3.8) is 0 Å². The zero-order valence-corrected chi connectivity index (χ0v) is 10.6. The average Bonchev–Trinajstić information content (AvgIpc) is 2.40. The van der Waals surface area contributed by atoms with E-state index in [-0.39, 0.29) is 34.1 Å². The van der Waals surface area contributed by atoms with Gasteiger partial charge in [0.25, 0.3) is 11.7 Å². The van der Waals surface area contributed by atoms with Crippen molar-refractivity contribution in [2.24, 2.45) is 0 Å². The largest absolute Gasteiger partial charge is 0.593 e. The summed E-state index contributed by atoms with van der Waals surface area (Å²) in [6.45, 7) is 0. The summed E-state index contributed by atoms with van der Waals surface area (Å²) in [6, 6.07) is 7.11. The number of aromatic hydroxyl groups is 2. The molecular weight excluding hydrogens is 278 g/mol. The maximum absolute atomic E-state index is 12.0. The zero-order chi connectivity index (χ0) is 15.6. The predicted molar refractivity (Wildman–Crippen MR) is 74.2 cm³/mol. The average molecular weight is 290 g/mol. The summed E-state index contributed by atoms with van der Waals surface area (Å²) in [5.74, 6) is -2.57. The fourth-order valence-corrected chi connectivity index (χ4v) is 1.74. The van der Waals surface area contributed by atoms with E-state index < -0.39 is 11.9 Å². The number of hydrogen-bond acceptors (Lipinski definition) is 4. The molecule has 0 heterocycles. The third kappa shape index (κ3) is 3.03. The van der Waals surface area contributed by atoms with Crippen LogP contribution >= 0.6 is 0 Å². The first kappa shape index (κ1) is 14.2. The second-order valence-electron chi connectivity index (χ2n) is 4.22. The van der Waals surface area contributed by atoms with Crippen molar-refractivity contribution >= 4 is 17.6 Å². The van der Waals surface area contributed by atoms with E-state index in [1.165, 1.54) is 24.3 Å². The van der Waals surface area contributed by atoms with Crippen molar-refractivity contribution in [2.75, 3.05) is 5.32 Å². The van der Waals surface area contributed by atoms with Crippen molar-refractivity contribution in [1.29, 1.82) is 0 Å². The van der Waals surface area contributed by atoms with E-state index in [9.17, 15) is 19.8 Å². The highest BCUT2D eigenvalue weighted by atomic mass is 16.4. The Morgan fingerprint density at radius 2 is 1.57 bits per heavy atom. The molecule has 0 radical (unpaired) electrons. The van der Waals surface area contributed by atoms with Crippen LogP contribution in [0.5, 0.6) is 17.2 Å². The molecule has 0 spiro atoms. The number of carboxylic acid groups (broad SMARTS) is 1. The molecule has 0 saturated carbocycles. The minimum atomic E-state index is -1.31. The molecule has 7 nitrogen and oxygen atoms in total. The molecule has 0 aromatic heterocycles. The number of anilines is 1. The molecule has 0 bridgehead atoms. The van der Waals surface area contributed by atoms with E-state index in [4.69, 9.17) is 10.2 Å². The standard InChI is InChI=1S/C14H11NO6/c16-7-2-4-11(10(5-7)14(20)21)15-13(19)9-3-1-8(17)6-12(9)18/h1-6,16-18H,(H,15,19)(H,20,21)/p+1. The molecule has 0 aliphatic heterocycles. The maximum Gasteiger partial charge on any atom is 0.337 e. The number of carbonyl (C=O) groups excluding carboxylic acids is 1. The highest BCUT2D eigenvalue weighted by Gasteiger charge is 2.18. The minimum absolute atomic E-state index is 0.00206. The van der Waals surface area contributed by atoms with Crippen LogP contribution in [-0.2, 0) is 0 Å². The lowest BCUT2D eigenvalue weighted by Gasteiger charge is -2.09. The number of hydrogen-bond donors (Lipinski definition) is 4. The molecular formula is C14H12NO6+. The van der Waals surface area contributed by atoms with Gasteiger partial charge in [-0.3, -0.25) is 4.79 Å². The lowest BCUT2D eigenvalue weighted by molar-refractivity contribution is 0.0697. The van der Waals surface area contributed by atoms with Crippen LogP contribution in [0, 0.1) is 0 Å². The Labute approximate surface area is 118 Å². The number of nitrogens with one attached hydrogen (secondary N) is 1. The molecule has 2 aromatic rings. The van der Waals surface area contributed by atoms with Gasteiger partial charge in [-0.15, -0.1) is 0 Å². The molecule has 2 rings (SSSR count). The maximum atomic E-state index is 12.0. The normalized spacial score (nSPS) is 10.1. The van der Waals surface area contributed by atoms with Crippen LogP contribution in [0.2, 0.25) is 0 Å². The van der Waals surface area contributed by atoms with E-state index >= 15 is 0 Å². The molecule has 7 heteroatoms. The van der Waals surface area contributed by atoms with Crippen LogP contribution in [0.15, 0.2) is 36.4 Å². The first-order valence-corrected chi connectivity index (χ1v) is 5.81. The topological polar surface area (TPSA) is 130 Å². The van der Waals surface area contributed by atoms with Gasteiger partial charge in [0.05, 0.1) is 17.3 Å². The number of aromatic carboxylic acids is 1. The Balaban J connectivity index is 2.34. The van der Waals surface area contributed by atoms with Gasteiger partial charge in [0.2, 0.25) is 0 Å². The second-order valence-corrected chi connectivity index (χ2v) is 4.22. The molecule has 0 aliphatic rings. The molecule has 0 atom stereocenters. The monoisotopic (exact) mass is 290 g/mol. The summed E-state index contributed by atoms with van der Waals surface area (Å²) in [6.07, 6.45) is 0. The van der Waals surface area contributed by atoms with E-state index in [1.807, 2.05) is 0 Å². The highest BCUT2D eigenvalue weighted by molar-refractivity contribution is 6.09. The molecule has 1 amide bonds. The molecule has 0 unspecified atom stereocenters. The van der Waals surface area contributed by atoms with Gasteiger partial charge in [0.1, 0.15) is 17.1 Å². The van der Waals surface area contributed by atoms with Crippen LogP contribution in [0.3, 0.4) is 0 Å². The van der Waals surface area contributed by atoms with Crippen molar-refractivity contribution in [3.05, 3.63) is 47.5 Å². The lowest BCUT2D eigenvalue weighted by atomic mass is 10.1. The first-order chi connectivity index (χ1) is 9.88. The number of phenols is 2. The van der Waals surface area contributed by atoms with Crippen LogP contribution in [0.25, 0.3) is 0 Å². The van der Waals surface area contributed by atoms with Gasteiger partial charge in [-0.2, -0.15) is 0 Å². The quantitative estimate of drug-likeness (QED) is 0.502. The molecule has 21 heavy (non-hydrogen) atoms. The number of amides is 1. The van der Waals surface area contributed by atoms with Crippen molar-refractivity contribution < 1.29 is 30.0 Å². The third-order valence-electron chi connectivity index (χ3n) is 2.73. The Bertz CT molecular complexity index is 725. The van der Waals surface area contributed by atoms with E-state index in [2.05, 4.69) is 5.32 Å². The van der Waals surface area contributed by atoms with Crippen molar-refractivity contribution in [1.82, 2.24) is 0 Å². The van der Waals surface area contributed by atoms with Gasteiger partial charge in [-0.05, 0) is 30.3 Å². The van der Waals surface area contributed by atoms with Crippen LogP contribution in [0.1, 0.15) is 20.7 Å². The second kappa shape index (κ2) is 5.41. The van der Waals surface area contributed by atoms with Crippen LogP contribution < -0.4 is 5.32 Å². The summed E-state index contributed by atoms with van der Waals surface area (Å²) in [5.41, 5.74) is -0.288. The number of carboxylic acids is 1. The molecule has 0 aliphatic carbocycles. The SMILES string of the molecule is O=C(Nc1ccc(O)cc1C(=O)O)c1ccc(O)cc1[OH2+]. The Hall–Kier alpha value is -3.22. The summed E-state index contributed by atoms with van der Waals surface area (Å²) in [5, 5.41) is 37.5.